The standard InChI is InChI=1S/C13H26F3N3O/c1-4-19(5-2)8-6-7-11(3)17-9-12(20)18-10-13(14,15)16/h11,17H,4-10H2,1-3H3,(H,18,20). The molecule has 0 aromatic carbocycles. The smallest absolute Gasteiger partial charge is 0.346 e. The van der Waals surface area contributed by atoms with Crippen LogP contribution in [0.1, 0.15) is 33.6 Å². The van der Waals surface area contributed by atoms with Crippen LogP contribution in [0.2, 0.25) is 0 Å². The lowest BCUT2D eigenvalue weighted by molar-refractivity contribution is -0.137. The van der Waals surface area contributed by atoms with Gasteiger partial charge in [-0.3, -0.25) is 4.79 Å². The Kier molecular flexibility index (Phi) is 9.58. The summed E-state index contributed by atoms with van der Waals surface area (Å²) >= 11 is 0. The first-order chi connectivity index (χ1) is 9.28. The van der Waals surface area contributed by atoms with Gasteiger partial charge in [-0.15, -0.1) is 0 Å². The molecule has 0 fully saturated rings. The van der Waals surface area contributed by atoms with Gasteiger partial charge in [0.25, 0.3) is 0 Å². The molecule has 0 heterocycles. The van der Waals surface area contributed by atoms with Crippen LogP contribution in [0, 0.1) is 0 Å². The molecule has 0 bridgehead atoms. The average molecular weight is 297 g/mol. The van der Waals surface area contributed by atoms with Crippen LogP contribution in [0.5, 0.6) is 0 Å². The van der Waals surface area contributed by atoms with E-state index in [9.17, 15) is 18.0 Å². The number of nitrogens with zero attached hydrogens (tertiary/aromatic N) is 1. The van der Waals surface area contributed by atoms with Crippen LogP contribution in [0.25, 0.3) is 0 Å². The zero-order valence-corrected chi connectivity index (χ0v) is 12.5. The number of amides is 1. The second-order valence-corrected chi connectivity index (χ2v) is 4.84. The molecular weight excluding hydrogens is 271 g/mol. The van der Waals surface area contributed by atoms with Crippen LogP contribution in [0.4, 0.5) is 13.2 Å². The molecule has 0 aliphatic rings. The third-order valence-corrected chi connectivity index (χ3v) is 3.10. The van der Waals surface area contributed by atoms with Gasteiger partial charge in [-0.1, -0.05) is 13.8 Å². The number of hydrogen-bond donors (Lipinski definition) is 2. The van der Waals surface area contributed by atoms with E-state index < -0.39 is 18.6 Å². The van der Waals surface area contributed by atoms with E-state index in [1.165, 1.54) is 0 Å². The molecule has 1 amide bonds. The fraction of sp³-hybridized carbons (Fsp3) is 0.923. The molecule has 0 saturated carbocycles. The Balaban J connectivity index is 3.67. The highest BCUT2D eigenvalue weighted by Crippen LogP contribution is 2.11. The van der Waals surface area contributed by atoms with Crippen LogP contribution >= 0.6 is 0 Å². The number of halogens is 3. The monoisotopic (exact) mass is 297 g/mol. The lowest BCUT2D eigenvalue weighted by Crippen LogP contribution is -2.41. The Labute approximate surface area is 119 Å². The maximum absolute atomic E-state index is 11.9. The van der Waals surface area contributed by atoms with Crippen molar-refractivity contribution in [1.29, 1.82) is 0 Å². The Morgan fingerprint density at radius 3 is 2.35 bits per heavy atom. The Bertz CT molecular complexity index is 268. The van der Waals surface area contributed by atoms with E-state index in [4.69, 9.17) is 0 Å². The second-order valence-electron chi connectivity index (χ2n) is 4.84. The van der Waals surface area contributed by atoms with Crippen molar-refractivity contribution >= 4 is 5.91 Å². The summed E-state index contributed by atoms with van der Waals surface area (Å²) in [4.78, 5) is 13.5. The van der Waals surface area contributed by atoms with Crippen molar-refractivity contribution in [1.82, 2.24) is 15.5 Å². The second kappa shape index (κ2) is 9.99. The molecule has 0 aromatic rings. The van der Waals surface area contributed by atoms with Crippen LogP contribution < -0.4 is 10.6 Å². The molecule has 7 heteroatoms. The number of nitrogens with one attached hydrogen (secondary N) is 2. The third kappa shape index (κ3) is 11.0. The first kappa shape index (κ1) is 19.2. The van der Waals surface area contributed by atoms with Crippen molar-refractivity contribution in [2.45, 2.75) is 45.8 Å². The first-order valence-electron chi connectivity index (χ1n) is 7.07. The van der Waals surface area contributed by atoms with Crippen molar-refractivity contribution in [2.75, 3.05) is 32.7 Å². The van der Waals surface area contributed by atoms with Gasteiger partial charge in [0.05, 0.1) is 6.54 Å². The van der Waals surface area contributed by atoms with E-state index in [0.29, 0.717) is 0 Å². The zero-order chi connectivity index (χ0) is 15.6. The highest BCUT2D eigenvalue weighted by molar-refractivity contribution is 5.78. The fourth-order valence-electron chi connectivity index (χ4n) is 1.79. The van der Waals surface area contributed by atoms with E-state index in [-0.39, 0.29) is 12.6 Å². The predicted octanol–water partition coefficient (Wildman–Crippen LogP) is 1.76. The quantitative estimate of drug-likeness (QED) is 0.646. The molecule has 0 rings (SSSR count). The summed E-state index contributed by atoms with van der Waals surface area (Å²) in [5, 5.41) is 4.77. The van der Waals surface area contributed by atoms with Crippen molar-refractivity contribution in [3.8, 4) is 0 Å². The third-order valence-electron chi connectivity index (χ3n) is 3.10. The highest BCUT2D eigenvalue weighted by Gasteiger charge is 2.27. The van der Waals surface area contributed by atoms with Gasteiger partial charge in [0.2, 0.25) is 5.91 Å². The van der Waals surface area contributed by atoms with Gasteiger partial charge in [0.15, 0.2) is 0 Å². The first-order valence-corrected chi connectivity index (χ1v) is 7.07. The van der Waals surface area contributed by atoms with Gasteiger partial charge >= 0.3 is 6.18 Å². The molecule has 0 spiro atoms. The lowest BCUT2D eigenvalue weighted by Gasteiger charge is -2.19. The van der Waals surface area contributed by atoms with Crippen molar-refractivity contribution in [2.24, 2.45) is 0 Å². The van der Waals surface area contributed by atoms with Crippen LogP contribution in [-0.2, 0) is 4.79 Å². The summed E-state index contributed by atoms with van der Waals surface area (Å²) < 4.78 is 35.7. The molecular formula is C13H26F3N3O. The van der Waals surface area contributed by atoms with E-state index in [2.05, 4.69) is 24.1 Å². The molecule has 1 atom stereocenters. The van der Waals surface area contributed by atoms with Gasteiger partial charge in [-0.2, -0.15) is 13.2 Å². The van der Waals surface area contributed by atoms with Gasteiger partial charge in [-0.05, 0) is 39.4 Å². The van der Waals surface area contributed by atoms with E-state index in [1.54, 1.807) is 0 Å². The van der Waals surface area contributed by atoms with Gasteiger partial charge in [0.1, 0.15) is 6.54 Å². The number of alkyl halides is 3. The molecule has 1 unspecified atom stereocenters. The number of hydrogen-bond acceptors (Lipinski definition) is 3. The summed E-state index contributed by atoms with van der Waals surface area (Å²) in [5.74, 6) is -0.627. The Morgan fingerprint density at radius 1 is 1.25 bits per heavy atom. The minimum absolute atomic E-state index is 0.0808. The minimum Gasteiger partial charge on any atom is -0.346 e. The maximum Gasteiger partial charge on any atom is 0.405 e. The van der Waals surface area contributed by atoms with Crippen molar-refractivity contribution < 1.29 is 18.0 Å². The van der Waals surface area contributed by atoms with Crippen LogP contribution in [0.3, 0.4) is 0 Å². The lowest BCUT2D eigenvalue weighted by atomic mass is 10.1. The van der Waals surface area contributed by atoms with Gasteiger partial charge < -0.3 is 15.5 Å². The maximum atomic E-state index is 11.9. The summed E-state index contributed by atoms with van der Waals surface area (Å²) in [6.07, 6.45) is -2.46. The molecule has 120 valence electrons. The Hall–Kier alpha value is -0.820. The Morgan fingerprint density at radius 2 is 1.85 bits per heavy atom. The number of rotatable bonds is 10. The topological polar surface area (TPSA) is 44.4 Å². The van der Waals surface area contributed by atoms with Crippen LogP contribution in [-0.4, -0.2) is 55.7 Å². The molecule has 0 saturated heterocycles. The van der Waals surface area contributed by atoms with Gasteiger partial charge in [-0.25, -0.2) is 0 Å². The SMILES string of the molecule is CCN(CC)CCCC(C)NCC(=O)NCC(F)(F)F. The molecule has 0 aliphatic heterocycles. The van der Waals surface area contributed by atoms with E-state index in [1.807, 2.05) is 12.2 Å². The summed E-state index contributed by atoms with van der Waals surface area (Å²) in [6.45, 7) is 7.81. The van der Waals surface area contributed by atoms with Gasteiger partial charge in [0, 0.05) is 6.04 Å². The predicted molar refractivity (Wildman–Crippen MR) is 73.6 cm³/mol. The summed E-state index contributed by atoms with van der Waals surface area (Å²) in [7, 11) is 0. The van der Waals surface area contributed by atoms with Crippen molar-refractivity contribution in [3.05, 3.63) is 0 Å². The fourth-order valence-corrected chi connectivity index (χ4v) is 1.79. The van der Waals surface area contributed by atoms with E-state index in [0.717, 1.165) is 32.5 Å². The molecule has 0 aromatic heterocycles. The molecule has 0 aliphatic carbocycles. The summed E-state index contributed by atoms with van der Waals surface area (Å²) in [5.41, 5.74) is 0. The molecule has 0 radical (unpaired) electrons. The minimum atomic E-state index is -4.36. The normalized spacial score (nSPS) is 13.6. The highest BCUT2D eigenvalue weighted by atomic mass is 19.4. The van der Waals surface area contributed by atoms with E-state index >= 15 is 0 Å². The molecule has 4 nitrogen and oxygen atoms in total. The summed E-state index contributed by atoms with van der Waals surface area (Å²) in [6, 6.07) is 0.113. The van der Waals surface area contributed by atoms with Crippen molar-refractivity contribution in [3.63, 3.8) is 0 Å². The number of carbonyl (C=O) groups is 1. The average Bonchev–Trinajstić information content (AvgIpc) is 2.38. The molecule has 20 heavy (non-hydrogen) atoms. The largest absolute Gasteiger partial charge is 0.405 e. The molecule has 2 N–H and O–H groups in total. The van der Waals surface area contributed by atoms with Crippen LogP contribution in [0.15, 0.2) is 0 Å². The number of carbonyl (C=O) groups excluding carboxylic acids is 1. The zero-order valence-electron chi connectivity index (χ0n) is 12.5.